The molecule has 0 radical (unpaired) electrons. The van der Waals surface area contributed by atoms with Crippen LogP contribution in [-0.4, -0.2) is 57.0 Å². The van der Waals surface area contributed by atoms with Crippen molar-refractivity contribution in [1.82, 2.24) is 5.32 Å². The summed E-state index contributed by atoms with van der Waals surface area (Å²) in [7, 11) is 0. The lowest BCUT2D eigenvalue weighted by atomic mass is 9.81. The van der Waals surface area contributed by atoms with Gasteiger partial charge < -0.3 is 24.3 Å². The largest absolute Gasteiger partial charge is 0.462 e. The Hall–Kier alpha value is -2.84. The van der Waals surface area contributed by atoms with Gasteiger partial charge in [-0.15, -0.1) is 0 Å². The summed E-state index contributed by atoms with van der Waals surface area (Å²) in [5, 5.41) is 2.72. The predicted molar refractivity (Wildman–Crippen MR) is 123 cm³/mol. The van der Waals surface area contributed by atoms with E-state index in [1.54, 1.807) is 6.92 Å². The summed E-state index contributed by atoms with van der Waals surface area (Å²) in [5.74, 6) is -1.02. The Morgan fingerprint density at radius 3 is 1.85 bits per heavy atom. The van der Waals surface area contributed by atoms with Gasteiger partial charge in [-0.3, -0.25) is 4.79 Å². The second kappa shape index (κ2) is 15.9. The van der Waals surface area contributed by atoms with Crippen LogP contribution in [0.5, 0.6) is 0 Å². The Morgan fingerprint density at radius 1 is 0.848 bits per heavy atom. The molecule has 0 saturated heterocycles. The molecule has 0 fully saturated rings. The number of rotatable bonds is 16. The molecule has 33 heavy (non-hydrogen) atoms. The quantitative estimate of drug-likeness (QED) is 0.157. The van der Waals surface area contributed by atoms with Gasteiger partial charge in [-0.25, -0.2) is 14.4 Å². The molecule has 0 aliphatic carbocycles. The fourth-order valence-corrected chi connectivity index (χ4v) is 2.95. The van der Waals surface area contributed by atoms with E-state index in [9.17, 15) is 19.2 Å². The summed E-state index contributed by atoms with van der Waals surface area (Å²) in [5.41, 5.74) is 0.416. The first-order chi connectivity index (χ1) is 15.3. The highest BCUT2D eigenvalue weighted by molar-refractivity contribution is 5.87. The summed E-state index contributed by atoms with van der Waals surface area (Å²) in [6, 6.07) is 0. The van der Waals surface area contributed by atoms with Gasteiger partial charge in [0.15, 0.2) is 0 Å². The maximum Gasteiger partial charge on any atom is 0.407 e. The molecular weight excluding hydrogens is 430 g/mol. The number of nitrogens with one attached hydrogen (secondary N) is 1. The van der Waals surface area contributed by atoms with Crippen molar-refractivity contribution in [3.63, 3.8) is 0 Å². The summed E-state index contributed by atoms with van der Waals surface area (Å²) in [6.45, 7) is 16.6. The minimum Gasteiger partial charge on any atom is -0.462 e. The van der Waals surface area contributed by atoms with Crippen LogP contribution in [0.1, 0.15) is 60.3 Å². The van der Waals surface area contributed by atoms with Gasteiger partial charge in [0.25, 0.3) is 0 Å². The summed E-state index contributed by atoms with van der Waals surface area (Å²) >= 11 is 0. The second-order valence-electron chi connectivity index (χ2n) is 8.91. The Balaban J connectivity index is 3.96. The topological polar surface area (TPSA) is 117 Å². The van der Waals surface area contributed by atoms with Crippen molar-refractivity contribution < 1.29 is 38.1 Å². The van der Waals surface area contributed by atoms with E-state index in [-0.39, 0.29) is 43.4 Å². The molecule has 1 unspecified atom stereocenters. The van der Waals surface area contributed by atoms with Gasteiger partial charge >= 0.3 is 24.0 Å². The van der Waals surface area contributed by atoms with E-state index >= 15 is 0 Å². The van der Waals surface area contributed by atoms with Crippen molar-refractivity contribution in [2.24, 2.45) is 11.3 Å². The van der Waals surface area contributed by atoms with Crippen LogP contribution in [0.3, 0.4) is 0 Å². The van der Waals surface area contributed by atoms with Crippen molar-refractivity contribution >= 4 is 24.0 Å². The maximum atomic E-state index is 11.8. The third-order valence-corrected chi connectivity index (χ3v) is 4.52. The summed E-state index contributed by atoms with van der Waals surface area (Å²) in [6.07, 6.45) is 2.08. The minimum atomic E-state index is -0.571. The van der Waals surface area contributed by atoms with Crippen LogP contribution in [0, 0.1) is 11.3 Å². The van der Waals surface area contributed by atoms with Gasteiger partial charge in [-0.1, -0.05) is 40.3 Å². The smallest absolute Gasteiger partial charge is 0.407 e. The molecule has 0 rings (SSSR count). The SMILES string of the molecule is C=C(C)C(=O)OCCOC(=O)CCCC(C)CC(C)(C)CNC(=O)OCCOC(=O)C(=C)C. The molecule has 1 atom stereocenters. The minimum absolute atomic E-state index is 0.0110. The van der Waals surface area contributed by atoms with Crippen LogP contribution < -0.4 is 5.32 Å². The number of alkyl carbamates (subject to hydrolysis) is 1. The first-order valence-electron chi connectivity index (χ1n) is 11.1. The van der Waals surface area contributed by atoms with E-state index in [0.717, 1.165) is 12.8 Å². The normalized spacial score (nSPS) is 11.7. The highest BCUT2D eigenvalue weighted by Gasteiger charge is 2.22. The summed E-state index contributed by atoms with van der Waals surface area (Å²) in [4.78, 5) is 46.0. The van der Waals surface area contributed by atoms with Crippen LogP contribution in [0.15, 0.2) is 24.3 Å². The van der Waals surface area contributed by atoms with Gasteiger partial charge in [0, 0.05) is 24.1 Å². The van der Waals surface area contributed by atoms with Crippen LogP contribution >= 0.6 is 0 Å². The van der Waals surface area contributed by atoms with Crippen LogP contribution in [-0.2, 0) is 33.3 Å². The second-order valence-corrected chi connectivity index (χ2v) is 8.91. The van der Waals surface area contributed by atoms with Crippen molar-refractivity contribution in [2.75, 3.05) is 33.0 Å². The van der Waals surface area contributed by atoms with Gasteiger partial charge in [-0.2, -0.15) is 0 Å². The molecule has 0 saturated carbocycles. The average molecular weight is 470 g/mol. The lowest BCUT2D eigenvalue weighted by Crippen LogP contribution is -2.35. The zero-order valence-corrected chi connectivity index (χ0v) is 20.6. The van der Waals surface area contributed by atoms with Crippen molar-refractivity contribution in [3.8, 4) is 0 Å². The molecule has 9 heteroatoms. The highest BCUT2D eigenvalue weighted by Crippen LogP contribution is 2.27. The number of carbonyl (C=O) groups excluding carboxylic acids is 4. The molecule has 0 aromatic heterocycles. The molecule has 0 aromatic rings. The van der Waals surface area contributed by atoms with Gasteiger partial charge in [0.2, 0.25) is 0 Å². The molecule has 9 nitrogen and oxygen atoms in total. The van der Waals surface area contributed by atoms with E-state index in [1.165, 1.54) is 6.92 Å². The van der Waals surface area contributed by atoms with Crippen molar-refractivity contribution in [1.29, 1.82) is 0 Å². The monoisotopic (exact) mass is 469 g/mol. The number of hydrogen-bond acceptors (Lipinski definition) is 8. The molecule has 0 aliphatic rings. The number of ether oxygens (including phenoxy) is 4. The molecule has 0 spiro atoms. The number of carbonyl (C=O) groups is 4. The van der Waals surface area contributed by atoms with E-state index in [1.807, 2.05) is 13.8 Å². The zero-order valence-electron chi connectivity index (χ0n) is 20.6. The molecule has 0 bridgehead atoms. The molecule has 1 N–H and O–H groups in total. The van der Waals surface area contributed by atoms with E-state index in [0.29, 0.717) is 30.9 Å². The summed E-state index contributed by atoms with van der Waals surface area (Å²) < 4.78 is 19.7. The highest BCUT2D eigenvalue weighted by atomic mass is 16.6. The Morgan fingerprint density at radius 2 is 1.33 bits per heavy atom. The molecule has 188 valence electrons. The Labute approximate surface area is 196 Å². The average Bonchev–Trinajstić information content (AvgIpc) is 2.71. The predicted octanol–water partition coefficient (Wildman–Crippen LogP) is 3.72. The lowest BCUT2D eigenvalue weighted by Gasteiger charge is -2.28. The zero-order chi connectivity index (χ0) is 25.4. The third kappa shape index (κ3) is 16.5. The molecule has 0 heterocycles. The molecule has 0 aliphatic heterocycles. The fraction of sp³-hybridized carbons (Fsp3) is 0.667. The van der Waals surface area contributed by atoms with Crippen LogP contribution in [0.2, 0.25) is 0 Å². The van der Waals surface area contributed by atoms with Crippen LogP contribution in [0.4, 0.5) is 4.79 Å². The van der Waals surface area contributed by atoms with Crippen molar-refractivity contribution in [2.45, 2.75) is 60.3 Å². The lowest BCUT2D eigenvalue weighted by molar-refractivity contribution is -0.150. The Bertz CT molecular complexity index is 699. The maximum absolute atomic E-state index is 11.8. The molecule has 1 amide bonds. The molecular formula is C24H39NO8. The number of esters is 3. The van der Waals surface area contributed by atoms with Gasteiger partial charge in [0.05, 0.1) is 0 Å². The van der Waals surface area contributed by atoms with E-state index in [4.69, 9.17) is 18.9 Å². The standard InChI is InChI=1S/C24H39NO8/c1-17(2)21(27)31-12-11-30-20(26)10-8-9-19(5)15-24(6,7)16-25-23(29)33-14-13-32-22(28)18(3)4/h19H,1,3,8-16H2,2,4-7H3,(H,25,29). The number of hydrogen-bond donors (Lipinski definition) is 1. The van der Waals surface area contributed by atoms with Crippen molar-refractivity contribution in [3.05, 3.63) is 24.3 Å². The van der Waals surface area contributed by atoms with Crippen LogP contribution in [0.25, 0.3) is 0 Å². The first-order valence-corrected chi connectivity index (χ1v) is 11.1. The van der Waals surface area contributed by atoms with Gasteiger partial charge in [-0.05, 0) is 38.0 Å². The first kappa shape index (κ1) is 30.2. The van der Waals surface area contributed by atoms with E-state index < -0.39 is 18.0 Å². The fourth-order valence-electron chi connectivity index (χ4n) is 2.95. The Kier molecular flexibility index (Phi) is 14.5. The number of amides is 1. The van der Waals surface area contributed by atoms with E-state index in [2.05, 4.69) is 25.4 Å². The molecule has 0 aromatic carbocycles. The van der Waals surface area contributed by atoms with Gasteiger partial charge in [0.1, 0.15) is 26.4 Å². The third-order valence-electron chi connectivity index (χ3n) is 4.52.